The van der Waals surface area contributed by atoms with Gasteiger partial charge in [-0.2, -0.15) is 9.64 Å². The number of rotatable bonds is 2. The van der Waals surface area contributed by atoms with E-state index in [1.165, 1.54) is 14.2 Å². The number of hydrogen-bond acceptors (Lipinski definition) is 5. The topological polar surface area (TPSA) is 55.1 Å². The summed E-state index contributed by atoms with van der Waals surface area (Å²) >= 11 is 1.06. The Labute approximate surface area is 68.1 Å². The molecule has 0 spiro atoms. The average Bonchev–Trinajstić information content (AvgIpc) is 2.45. The van der Waals surface area contributed by atoms with Crippen LogP contribution in [-0.4, -0.2) is 18.6 Å². The first kappa shape index (κ1) is 7.82. The minimum absolute atomic E-state index is 0.369. The van der Waals surface area contributed by atoms with Gasteiger partial charge in [0.2, 0.25) is 5.75 Å². The third-order valence-corrected chi connectivity index (χ3v) is 1.84. The van der Waals surface area contributed by atoms with Crippen LogP contribution in [0.4, 0.5) is 0 Å². The Balaban J connectivity index is 3.12. The fourth-order valence-corrected chi connectivity index (χ4v) is 1.27. The highest BCUT2D eigenvalue weighted by atomic mass is 32.1. The van der Waals surface area contributed by atoms with Crippen molar-refractivity contribution in [3.05, 3.63) is 4.88 Å². The molecule has 1 aromatic heterocycles. The summed E-state index contributed by atoms with van der Waals surface area (Å²) in [6.45, 7) is 0. The summed E-state index contributed by atoms with van der Waals surface area (Å²) in [5.41, 5.74) is 0. The van der Waals surface area contributed by atoms with E-state index in [1.807, 2.05) is 6.07 Å². The molecule has 0 aliphatic carbocycles. The molecule has 4 nitrogen and oxygen atoms in total. The quantitative estimate of drug-likeness (QED) is 0.665. The molecular weight excluding hydrogens is 164 g/mol. The van der Waals surface area contributed by atoms with Crippen LogP contribution in [0.2, 0.25) is 0 Å². The Hall–Kier alpha value is -1.28. The highest BCUT2D eigenvalue weighted by Gasteiger charge is 2.13. The molecular formula is C6H6N2O2S. The number of methoxy groups -OCH3 is 2. The van der Waals surface area contributed by atoms with E-state index >= 15 is 0 Å². The fourth-order valence-electron chi connectivity index (χ4n) is 0.648. The van der Waals surface area contributed by atoms with Crippen LogP contribution in [0, 0.1) is 11.3 Å². The zero-order chi connectivity index (χ0) is 8.27. The van der Waals surface area contributed by atoms with Crippen molar-refractivity contribution in [2.24, 2.45) is 0 Å². The summed E-state index contributed by atoms with van der Waals surface area (Å²) in [5.74, 6) is 0.786. The van der Waals surface area contributed by atoms with Crippen molar-refractivity contribution >= 4 is 11.5 Å². The van der Waals surface area contributed by atoms with Gasteiger partial charge in [-0.15, -0.1) is 0 Å². The van der Waals surface area contributed by atoms with Crippen LogP contribution in [0.3, 0.4) is 0 Å². The van der Waals surface area contributed by atoms with Gasteiger partial charge in [0.05, 0.1) is 14.2 Å². The molecule has 0 aromatic carbocycles. The van der Waals surface area contributed by atoms with Gasteiger partial charge in [0.1, 0.15) is 6.07 Å². The van der Waals surface area contributed by atoms with Gasteiger partial charge in [0, 0.05) is 0 Å². The minimum atomic E-state index is 0.369. The maximum atomic E-state index is 8.54. The van der Waals surface area contributed by atoms with Crippen molar-refractivity contribution in [1.82, 2.24) is 4.37 Å². The smallest absolute Gasteiger partial charge is 0.270 e. The van der Waals surface area contributed by atoms with Crippen molar-refractivity contribution in [1.29, 1.82) is 5.26 Å². The average molecular weight is 170 g/mol. The van der Waals surface area contributed by atoms with E-state index < -0.39 is 0 Å². The molecule has 0 fully saturated rings. The minimum Gasteiger partial charge on any atom is -0.490 e. The van der Waals surface area contributed by atoms with E-state index in [4.69, 9.17) is 14.7 Å². The van der Waals surface area contributed by atoms with E-state index in [9.17, 15) is 0 Å². The summed E-state index contributed by atoms with van der Waals surface area (Å²) in [6.07, 6.45) is 0. The van der Waals surface area contributed by atoms with Gasteiger partial charge in [-0.3, -0.25) is 0 Å². The second-order valence-electron chi connectivity index (χ2n) is 1.67. The predicted molar refractivity (Wildman–Crippen MR) is 39.9 cm³/mol. The number of nitrogens with zero attached hydrogens (tertiary/aromatic N) is 2. The van der Waals surface area contributed by atoms with Crippen molar-refractivity contribution in [3.63, 3.8) is 0 Å². The summed E-state index contributed by atoms with van der Waals surface area (Å²) in [6, 6.07) is 1.95. The maximum Gasteiger partial charge on any atom is 0.270 e. The Morgan fingerprint density at radius 3 is 2.64 bits per heavy atom. The third-order valence-electron chi connectivity index (χ3n) is 1.12. The summed E-state index contributed by atoms with van der Waals surface area (Å²) in [5, 5.41) is 8.54. The molecule has 0 atom stereocenters. The number of aromatic nitrogens is 1. The molecule has 5 heteroatoms. The molecule has 0 radical (unpaired) electrons. The summed E-state index contributed by atoms with van der Waals surface area (Å²) in [7, 11) is 2.96. The van der Waals surface area contributed by atoms with E-state index in [0.717, 1.165) is 11.5 Å². The molecule has 0 saturated heterocycles. The zero-order valence-corrected chi connectivity index (χ0v) is 6.94. The number of ether oxygens (including phenoxy) is 2. The van der Waals surface area contributed by atoms with E-state index in [-0.39, 0.29) is 0 Å². The van der Waals surface area contributed by atoms with Crippen molar-refractivity contribution < 1.29 is 9.47 Å². The molecule has 0 unspecified atom stereocenters. The Morgan fingerprint density at radius 2 is 2.18 bits per heavy atom. The van der Waals surface area contributed by atoms with Gasteiger partial charge >= 0.3 is 0 Å². The van der Waals surface area contributed by atoms with Crippen LogP contribution in [0.25, 0.3) is 0 Å². The summed E-state index contributed by atoms with van der Waals surface area (Å²) < 4.78 is 13.6. The first-order chi connectivity index (χ1) is 5.33. The number of nitriles is 1. The lowest BCUT2D eigenvalue weighted by Gasteiger charge is -1.97. The van der Waals surface area contributed by atoms with Crippen molar-refractivity contribution in [2.45, 2.75) is 0 Å². The van der Waals surface area contributed by atoms with E-state index in [2.05, 4.69) is 4.37 Å². The molecule has 58 valence electrons. The van der Waals surface area contributed by atoms with Crippen LogP contribution in [-0.2, 0) is 0 Å². The lowest BCUT2D eigenvalue weighted by molar-refractivity contribution is 0.348. The monoisotopic (exact) mass is 170 g/mol. The first-order valence-corrected chi connectivity index (χ1v) is 3.58. The van der Waals surface area contributed by atoms with Crippen LogP contribution in [0.1, 0.15) is 4.88 Å². The third kappa shape index (κ3) is 1.25. The molecule has 0 aliphatic heterocycles. The van der Waals surface area contributed by atoms with Gasteiger partial charge in [0.25, 0.3) is 5.88 Å². The molecule has 11 heavy (non-hydrogen) atoms. The van der Waals surface area contributed by atoms with Gasteiger partial charge in [-0.1, -0.05) is 0 Å². The maximum absolute atomic E-state index is 8.54. The van der Waals surface area contributed by atoms with Gasteiger partial charge in [0.15, 0.2) is 4.88 Å². The van der Waals surface area contributed by atoms with Crippen molar-refractivity contribution in [3.8, 4) is 17.7 Å². The van der Waals surface area contributed by atoms with Crippen LogP contribution in [0.15, 0.2) is 0 Å². The Morgan fingerprint density at radius 1 is 1.45 bits per heavy atom. The molecule has 0 aliphatic rings. The molecule has 0 saturated carbocycles. The standard InChI is InChI=1S/C6H6N2O2S/c1-9-5-4(3-7)11-8-6(5)10-2/h1-2H3. The lowest BCUT2D eigenvalue weighted by Crippen LogP contribution is -1.88. The highest BCUT2D eigenvalue weighted by Crippen LogP contribution is 2.32. The second-order valence-corrected chi connectivity index (χ2v) is 2.44. The van der Waals surface area contributed by atoms with Gasteiger partial charge in [-0.25, -0.2) is 0 Å². The molecule has 1 rings (SSSR count). The van der Waals surface area contributed by atoms with E-state index in [0.29, 0.717) is 16.5 Å². The first-order valence-electron chi connectivity index (χ1n) is 2.81. The Bertz CT molecular complexity index is 289. The van der Waals surface area contributed by atoms with Crippen LogP contribution < -0.4 is 9.47 Å². The Kier molecular flexibility index (Phi) is 2.28. The highest BCUT2D eigenvalue weighted by molar-refractivity contribution is 7.06. The second kappa shape index (κ2) is 3.21. The molecule has 0 bridgehead atoms. The predicted octanol–water partition coefficient (Wildman–Crippen LogP) is 1.03. The van der Waals surface area contributed by atoms with Crippen LogP contribution >= 0.6 is 11.5 Å². The molecule has 1 heterocycles. The summed E-state index contributed by atoms with van der Waals surface area (Å²) in [4.78, 5) is 0.435. The lowest BCUT2D eigenvalue weighted by atomic mass is 10.5. The molecule has 0 N–H and O–H groups in total. The van der Waals surface area contributed by atoms with Gasteiger partial charge in [-0.05, 0) is 11.5 Å². The molecule has 1 aromatic rings. The normalized spacial score (nSPS) is 8.82. The number of hydrogen-bond donors (Lipinski definition) is 0. The molecule has 0 amide bonds. The van der Waals surface area contributed by atoms with E-state index in [1.54, 1.807) is 0 Å². The van der Waals surface area contributed by atoms with Crippen molar-refractivity contribution in [2.75, 3.05) is 14.2 Å². The SMILES string of the molecule is COc1nsc(C#N)c1OC. The van der Waals surface area contributed by atoms with Gasteiger partial charge < -0.3 is 9.47 Å². The van der Waals surface area contributed by atoms with Crippen LogP contribution in [0.5, 0.6) is 11.6 Å². The zero-order valence-electron chi connectivity index (χ0n) is 6.12. The fraction of sp³-hybridized carbons (Fsp3) is 0.333. The largest absolute Gasteiger partial charge is 0.490 e.